The number of hydrogen-bond acceptors (Lipinski definition) is 2. The van der Waals surface area contributed by atoms with E-state index in [2.05, 4.69) is 5.10 Å². The van der Waals surface area contributed by atoms with Crippen molar-refractivity contribution in [3.05, 3.63) is 65.6 Å². The minimum absolute atomic E-state index is 0.247. The summed E-state index contributed by atoms with van der Waals surface area (Å²) in [6, 6.07) is 12.7. The molecule has 1 heterocycles. The number of benzene rings is 2. The van der Waals surface area contributed by atoms with Crippen LogP contribution in [0.25, 0.3) is 10.9 Å². The van der Waals surface area contributed by atoms with Gasteiger partial charge in [-0.25, -0.2) is 4.39 Å². The molecule has 0 saturated carbocycles. The molecule has 3 aromatic rings. The van der Waals surface area contributed by atoms with Crippen molar-refractivity contribution < 1.29 is 4.39 Å². The molecule has 3 nitrogen and oxygen atoms in total. The van der Waals surface area contributed by atoms with Crippen LogP contribution >= 0.6 is 0 Å². The number of hydrogen-bond donors (Lipinski definition) is 1. The van der Waals surface area contributed by atoms with Crippen molar-refractivity contribution in [2.45, 2.75) is 13.1 Å². The zero-order valence-electron chi connectivity index (χ0n) is 10.4. The SMILES string of the molecule is NCc1ccc(F)cc1Cn1ncc2ccccc21. The Labute approximate surface area is 110 Å². The molecule has 0 saturated heterocycles. The number of fused-ring (bicyclic) bond motifs is 1. The van der Waals surface area contributed by atoms with Gasteiger partial charge in [0.2, 0.25) is 0 Å². The summed E-state index contributed by atoms with van der Waals surface area (Å²) in [5, 5.41) is 5.43. The highest BCUT2D eigenvalue weighted by Crippen LogP contribution is 2.17. The quantitative estimate of drug-likeness (QED) is 0.782. The number of rotatable bonds is 3. The lowest BCUT2D eigenvalue weighted by Gasteiger charge is -2.09. The number of nitrogens with zero attached hydrogens (tertiary/aromatic N) is 2. The third-order valence-corrected chi connectivity index (χ3v) is 3.26. The van der Waals surface area contributed by atoms with Crippen LogP contribution in [0.5, 0.6) is 0 Å². The first-order valence-electron chi connectivity index (χ1n) is 6.16. The first-order valence-corrected chi connectivity index (χ1v) is 6.16. The minimum Gasteiger partial charge on any atom is -0.326 e. The molecule has 0 spiro atoms. The molecule has 19 heavy (non-hydrogen) atoms. The van der Waals surface area contributed by atoms with E-state index in [4.69, 9.17) is 5.73 Å². The number of aromatic nitrogens is 2. The zero-order chi connectivity index (χ0) is 13.2. The van der Waals surface area contributed by atoms with Crippen molar-refractivity contribution in [3.63, 3.8) is 0 Å². The maximum absolute atomic E-state index is 13.4. The average molecular weight is 255 g/mol. The second-order valence-corrected chi connectivity index (χ2v) is 4.48. The molecule has 0 aliphatic rings. The van der Waals surface area contributed by atoms with Crippen LogP contribution in [0, 0.1) is 5.82 Å². The van der Waals surface area contributed by atoms with E-state index in [0.717, 1.165) is 22.0 Å². The molecular formula is C15H14FN3. The number of para-hydroxylation sites is 1. The Kier molecular flexibility index (Phi) is 3.01. The fourth-order valence-electron chi connectivity index (χ4n) is 2.25. The van der Waals surface area contributed by atoms with Gasteiger partial charge in [-0.3, -0.25) is 4.68 Å². The molecule has 0 unspecified atom stereocenters. The summed E-state index contributed by atoms with van der Waals surface area (Å²) in [6.07, 6.45) is 1.82. The van der Waals surface area contributed by atoms with Gasteiger partial charge in [-0.05, 0) is 29.3 Å². The highest BCUT2D eigenvalue weighted by molar-refractivity contribution is 5.78. The summed E-state index contributed by atoms with van der Waals surface area (Å²) < 4.78 is 15.2. The predicted molar refractivity (Wildman–Crippen MR) is 73.1 cm³/mol. The van der Waals surface area contributed by atoms with Crippen LogP contribution in [0.15, 0.2) is 48.7 Å². The topological polar surface area (TPSA) is 43.8 Å². The normalized spacial score (nSPS) is 11.1. The van der Waals surface area contributed by atoms with Gasteiger partial charge in [0.15, 0.2) is 0 Å². The van der Waals surface area contributed by atoms with E-state index >= 15 is 0 Å². The van der Waals surface area contributed by atoms with Gasteiger partial charge in [0, 0.05) is 11.9 Å². The molecule has 1 aromatic heterocycles. The Morgan fingerprint density at radius 2 is 1.95 bits per heavy atom. The molecule has 4 heteroatoms. The first-order chi connectivity index (χ1) is 9.28. The minimum atomic E-state index is -0.247. The maximum atomic E-state index is 13.4. The van der Waals surface area contributed by atoms with Crippen LogP contribution in [0.1, 0.15) is 11.1 Å². The van der Waals surface area contributed by atoms with Crippen LogP contribution in [0.4, 0.5) is 4.39 Å². The second kappa shape index (κ2) is 4.82. The molecular weight excluding hydrogens is 241 g/mol. The second-order valence-electron chi connectivity index (χ2n) is 4.48. The molecule has 0 atom stereocenters. The molecule has 0 amide bonds. The van der Waals surface area contributed by atoms with Gasteiger partial charge in [-0.15, -0.1) is 0 Å². The first kappa shape index (κ1) is 11.9. The van der Waals surface area contributed by atoms with Gasteiger partial charge < -0.3 is 5.73 Å². The summed E-state index contributed by atoms with van der Waals surface area (Å²) in [6.45, 7) is 0.923. The van der Waals surface area contributed by atoms with Gasteiger partial charge >= 0.3 is 0 Å². The lowest BCUT2D eigenvalue weighted by molar-refractivity contribution is 0.619. The van der Waals surface area contributed by atoms with Gasteiger partial charge in [-0.1, -0.05) is 24.3 Å². The third kappa shape index (κ3) is 2.22. The Morgan fingerprint density at radius 3 is 2.79 bits per heavy atom. The molecule has 3 rings (SSSR count). The summed E-state index contributed by atoms with van der Waals surface area (Å²) >= 11 is 0. The fourth-order valence-corrected chi connectivity index (χ4v) is 2.25. The van der Waals surface area contributed by atoms with E-state index < -0.39 is 0 Å². The van der Waals surface area contributed by atoms with Gasteiger partial charge in [0.05, 0.1) is 18.3 Å². The van der Waals surface area contributed by atoms with Crippen LogP contribution in [-0.2, 0) is 13.1 Å². The van der Waals surface area contributed by atoms with Crippen LogP contribution in [-0.4, -0.2) is 9.78 Å². The van der Waals surface area contributed by atoms with E-state index in [0.29, 0.717) is 13.1 Å². The molecule has 0 aliphatic carbocycles. The summed E-state index contributed by atoms with van der Waals surface area (Å²) in [5.41, 5.74) is 8.54. The number of nitrogens with two attached hydrogens (primary N) is 1. The average Bonchev–Trinajstić information content (AvgIpc) is 2.83. The van der Waals surface area contributed by atoms with E-state index in [-0.39, 0.29) is 5.82 Å². The summed E-state index contributed by atoms with van der Waals surface area (Å²) in [4.78, 5) is 0. The van der Waals surface area contributed by atoms with E-state index in [1.807, 2.05) is 35.1 Å². The van der Waals surface area contributed by atoms with Crippen molar-refractivity contribution in [3.8, 4) is 0 Å². The highest BCUT2D eigenvalue weighted by Gasteiger charge is 2.07. The van der Waals surface area contributed by atoms with Gasteiger partial charge in [0.1, 0.15) is 5.82 Å². The van der Waals surface area contributed by atoms with Crippen molar-refractivity contribution in [1.82, 2.24) is 9.78 Å². The summed E-state index contributed by atoms with van der Waals surface area (Å²) in [5.74, 6) is -0.247. The molecule has 2 aromatic carbocycles. The van der Waals surface area contributed by atoms with Crippen LogP contribution in [0.3, 0.4) is 0 Å². The van der Waals surface area contributed by atoms with Crippen molar-refractivity contribution in [2.75, 3.05) is 0 Å². The predicted octanol–water partition coefficient (Wildman–Crippen LogP) is 2.68. The maximum Gasteiger partial charge on any atom is 0.123 e. The van der Waals surface area contributed by atoms with Crippen LogP contribution < -0.4 is 5.73 Å². The molecule has 96 valence electrons. The Hall–Kier alpha value is -2.20. The Balaban J connectivity index is 2.03. The summed E-state index contributed by atoms with van der Waals surface area (Å²) in [7, 11) is 0. The molecule has 0 aliphatic heterocycles. The monoisotopic (exact) mass is 255 g/mol. The van der Waals surface area contributed by atoms with Crippen molar-refractivity contribution >= 4 is 10.9 Å². The van der Waals surface area contributed by atoms with Crippen molar-refractivity contribution in [2.24, 2.45) is 5.73 Å². The van der Waals surface area contributed by atoms with Crippen molar-refractivity contribution in [1.29, 1.82) is 0 Å². The highest BCUT2D eigenvalue weighted by atomic mass is 19.1. The molecule has 0 fully saturated rings. The Morgan fingerprint density at radius 1 is 1.11 bits per heavy atom. The largest absolute Gasteiger partial charge is 0.326 e. The fraction of sp³-hybridized carbons (Fsp3) is 0.133. The van der Waals surface area contributed by atoms with Gasteiger partial charge in [0.25, 0.3) is 0 Å². The van der Waals surface area contributed by atoms with Gasteiger partial charge in [-0.2, -0.15) is 5.10 Å². The standard InChI is InChI=1S/C15H14FN3/c16-14-6-5-11(8-17)13(7-14)10-19-15-4-2-1-3-12(15)9-18-19/h1-7,9H,8,10,17H2. The molecule has 0 bridgehead atoms. The van der Waals surface area contributed by atoms with E-state index in [1.54, 1.807) is 6.07 Å². The Bertz CT molecular complexity index is 718. The smallest absolute Gasteiger partial charge is 0.123 e. The number of halogens is 1. The van der Waals surface area contributed by atoms with Crippen LogP contribution in [0.2, 0.25) is 0 Å². The van der Waals surface area contributed by atoms with E-state index in [1.165, 1.54) is 12.1 Å². The lowest BCUT2D eigenvalue weighted by atomic mass is 10.1. The lowest BCUT2D eigenvalue weighted by Crippen LogP contribution is -2.07. The third-order valence-electron chi connectivity index (χ3n) is 3.26. The molecule has 2 N–H and O–H groups in total. The zero-order valence-corrected chi connectivity index (χ0v) is 10.4. The molecule has 0 radical (unpaired) electrons. The van der Waals surface area contributed by atoms with E-state index in [9.17, 15) is 4.39 Å².